The zero-order chi connectivity index (χ0) is 13.3. The van der Waals surface area contributed by atoms with Crippen molar-refractivity contribution >= 4 is 0 Å². The Balaban J connectivity index is 2.34. The van der Waals surface area contributed by atoms with E-state index in [0.29, 0.717) is 0 Å². The minimum atomic E-state index is 0.201. The van der Waals surface area contributed by atoms with Crippen molar-refractivity contribution < 1.29 is 0 Å². The van der Waals surface area contributed by atoms with Gasteiger partial charge in [0.15, 0.2) is 0 Å². The van der Waals surface area contributed by atoms with Crippen molar-refractivity contribution in [2.45, 2.75) is 46.5 Å². The van der Waals surface area contributed by atoms with Gasteiger partial charge in [0, 0.05) is 11.3 Å². The molecule has 0 spiro atoms. The molecule has 0 amide bonds. The van der Waals surface area contributed by atoms with E-state index in [1.165, 1.54) is 11.3 Å². The molecular weight excluding hydrogens is 220 g/mol. The zero-order valence-electron chi connectivity index (χ0n) is 12.0. The molecule has 18 heavy (non-hydrogen) atoms. The molecule has 0 saturated heterocycles. The minimum absolute atomic E-state index is 0.201. The van der Waals surface area contributed by atoms with Gasteiger partial charge in [0.2, 0.25) is 0 Å². The van der Waals surface area contributed by atoms with Crippen LogP contribution in [0.25, 0.3) is 11.4 Å². The fourth-order valence-corrected chi connectivity index (χ4v) is 2.11. The first-order valence-corrected chi connectivity index (χ1v) is 6.58. The van der Waals surface area contributed by atoms with Gasteiger partial charge in [-0.2, -0.15) is 0 Å². The summed E-state index contributed by atoms with van der Waals surface area (Å²) >= 11 is 0. The average Bonchev–Trinajstić information content (AvgIpc) is 2.69. The van der Waals surface area contributed by atoms with Crippen LogP contribution in [0.15, 0.2) is 24.3 Å². The molecule has 1 aromatic carbocycles. The molecule has 1 heterocycles. The van der Waals surface area contributed by atoms with E-state index in [4.69, 9.17) is 0 Å². The molecule has 1 aromatic heterocycles. The molecule has 0 atom stereocenters. The number of aromatic nitrogens is 2. The summed E-state index contributed by atoms with van der Waals surface area (Å²) in [5.41, 5.74) is 5.04. The molecule has 0 bridgehead atoms. The highest BCUT2D eigenvalue weighted by atomic mass is 14.9. The Morgan fingerprint density at radius 1 is 1.11 bits per heavy atom. The molecular formula is C16H22N2. The Morgan fingerprint density at radius 3 is 2.17 bits per heavy atom. The molecule has 0 radical (unpaired) electrons. The Kier molecular flexibility index (Phi) is 3.29. The van der Waals surface area contributed by atoms with Crippen LogP contribution in [-0.4, -0.2) is 9.97 Å². The van der Waals surface area contributed by atoms with Crippen LogP contribution in [0, 0.1) is 6.92 Å². The summed E-state index contributed by atoms with van der Waals surface area (Å²) in [5, 5.41) is 0. The van der Waals surface area contributed by atoms with Crippen LogP contribution >= 0.6 is 0 Å². The molecule has 1 N–H and O–H groups in total. The molecule has 96 valence electrons. The standard InChI is InChI=1S/C16H22N2/c1-6-14-11(2)17-15(18-14)12-7-9-13(10-8-12)16(3,4)5/h7-10H,6H2,1-5H3,(H,17,18). The lowest BCUT2D eigenvalue weighted by Crippen LogP contribution is -2.10. The summed E-state index contributed by atoms with van der Waals surface area (Å²) in [6.45, 7) is 10.9. The number of benzene rings is 1. The molecule has 2 nitrogen and oxygen atoms in total. The molecule has 0 fully saturated rings. The number of hydrogen-bond acceptors (Lipinski definition) is 1. The predicted molar refractivity (Wildman–Crippen MR) is 76.8 cm³/mol. The van der Waals surface area contributed by atoms with E-state index < -0.39 is 0 Å². The SMILES string of the molecule is CCc1nc(-c2ccc(C(C)(C)C)cc2)[nH]c1C. The van der Waals surface area contributed by atoms with Gasteiger partial charge in [-0.25, -0.2) is 4.98 Å². The predicted octanol–water partition coefficient (Wildman–Crippen LogP) is 4.25. The van der Waals surface area contributed by atoms with Gasteiger partial charge >= 0.3 is 0 Å². The average molecular weight is 242 g/mol. The number of H-pyrrole nitrogens is 1. The van der Waals surface area contributed by atoms with E-state index in [1.54, 1.807) is 0 Å². The maximum absolute atomic E-state index is 4.63. The second-order valence-corrected chi connectivity index (χ2v) is 5.84. The van der Waals surface area contributed by atoms with Gasteiger partial charge in [0.1, 0.15) is 5.82 Å². The lowest BCUT2D eigenvalue weighted by Gasteiger charge is -2.18. The number of hydrogen-bond donors (Lipinski definition) is 1. The number of aryl methyl sites for hydroxylation is 2. The number of aromatic amines is 1. The fraction of sp³-hybridized carbons (Fsp3) is 0.438. The minimum Gasteiger partial charge on any atom is -0.342 e. The van der Waals surface area contributed by atoms with Crippen molar-refractivity contribution in [1.29, 1.82) is 0 Å². The number of nitrogens with zero attached hydrogens (tertiary/aromatic N) is 1. The Labute approximate surface area is 109 Å². The van der Waals surface area contributed by atoms with Crippen LogP contribution in [-0.2, 0) is 11.8 Å². The molecule has 0 unspecified atom stereocenters. The number of rotatable bonds is 2. The van der Waals surface area contributed by atoms with Gasteiger partial charge in [-0.3, -0.25) is 0 Å². The summed E-state index contributed by atoms with van der Waals surface area (Å²) in [5.74, 6) is 0.977. The molecule has 0 saturated carbocycles. The summed E-state index contributed by atoms with van der Waals surface area (Å²) in [6, 6.07) is 8.69. The van der Waals surface area contributed by atoms with Crippen LogP contribution in [0.4, 0.5) is 0 Å². The third-order valence-corrected chi connectivity index (χ3v) is 3.34. The maximum Gasteiger partial charge on any atom is 0.137 e. The molecule has 2 aromatic rings. The van der Waals surface area contributed by atoms with Gasteiger partial charge in [-0.1, -0.05) is 52.0 Å². The number of imidazole rings is 1. The molecule has 0 aliphatic carbocycles. The first-order chi connectivity index (χ1) is 8.41. The summed E-state index contributed by atoms with van der Waals surface area (Å²) in [4.78, 5) is 7.99. The van der Waals surface area contributed by atoms with Gasteiger partial charge in [-0.05, 0) is 24.3 Å². The highest BCUT2D eigenvalue weighted by molar-refractivity contribution is 5.56. The van der Waals surface area contributed by atoms with E-state index >= 15 is 0 Å². The second kappa shape index (κ2) is 4.60. The van der Waals surface area contributed by atoms with Crippen molar-refractivity contribution in [3.05, 3.63) is 41.2 Å². The van der Waals surface area contributed by atoms with Gasteiger partial charge in [0.25, 0.3) is 0 Å². The largest absolute Gasteiger partial charge is 0.342 e. The highest BCUT2D eigenvalue weighted by Gasteiger charge is 2.14. The Morgan fingerprint density at radius 2 is 1.72 bits per heavy atom. The van der Waals surface area contributed by atoms with E-state index in [9.17, 15) is 0 Å². The smallest absolute Gasteiger partial charge is 0.137 e. The monoisotopic (exact) mass is 242 g/mol. The molecule has 0 aliphatic heterocycles. The second-order valence-electron chi connectivity index (χ2n) is 5.84. The van der Waals surface area contributed by atoms with E-state index in [-0.39, 0.29) is 5.41 Å². The third-order valence-electron chi connectivity index (χ3n) is 3.34. The summed E-state index contributed by atoms with van der Waals surface area (Å²) in [6.07, 6.45) is 0.975. The summed E-state index contributed by atoms with van der Waals surface area (Å²) < 4.78 is 0. The van der Waals surface area contributed by atoms with Crippen molar-refractivity contribution in [2.24, 2.45) is 0 Å². The van der Waals surface area contributed by atoms with Crippen molar-refractivity contribution in [3.8, 4) is 11.4 Å². The van der Waals surface area contributed by atoms with E-state index in [1.807, 2.05) is 0 Å². The zero-order valence-corrected chi connectivity index (χ0v) is 12.0. The van der Waals surface area contributed by atoms with Crippen molar-refractivity contribution in [2.75, 3.05) is 0 Å². The van der Waals surface area contributed by atoms with Crippen LogP contribution in [0.3, 0.4) is 0 Å². The molecule has 2 heteroatoms. The lowest BCUT2D eigenvalue weighted by atomic mass is 9.87. The topological polar surface area (TPSA) is 28.7 Å². The number of nitrogens with one attached hydrogen (secondary N) is 1. The maximum atomic E-state index is 4.63. The van der Waals surface area contributed by atoms with Crippen LogP contribution < -0.4 is 0 Å². The third kappa shape index (κ3) is 2.47. The quantitative estimate of drug-likeness (QED) is 0.838. The van der Waals surface area contributed by atoms with E-state index in [2.05, 4.69) is 68.9 Å². The van der Waals surface area contributed by atoms with Gasteiger partial charge < -0.3 is 4.98 Å². The van der Waals surface area contributed by atoms with E-state index in [0.717, 1.165) is 23.5 Å². The van der Waals surface area contributed by atoms with Crippen molar-refractivity contribution in [3.63, 3.8) is 0 Å². The summed E-state index contributed by atoms with van der Waals surface area (Å²) in [7, 11) is 0. The molecule has 2 rings (SSSR count). The van der Waals surface area contributed by atoms with Gasteiger partial charge in [0.05, 0.1) is 5.69 Å². The van der Waals surface area contributed by atoms with Crippen LogP contribution in [0.5, 0.6) is 0 Å². The van der Waals surface area contributed by atoms with Crippen LogP contribution in [0.2, 0.25) is 0 Å². The van der Waals surface area contributed by atoms with Crippen molar-refractivity contribution in [1.82, 2.24) is 9.97 Å². The first kappa shape index (κ1) is 12.9. The highest BCUT2D eigenvalue weighted by Crippen LogP contribution is 2.25. The Bertz CT molecular complexity index is 527. The fourth-order valence-electron chi connectivity index (χ4n) is 2.11. The molecule has 0 aliphatic rings. The normalized spacial score (nSPS) is 11.8. The Hall–Kier alpha value is -1.57. The van der Waals surface area contributed by atoms with Crippen LogP contribution in [0.1, 0.15) is 44.6 Å². The lowest BCUT2D eigenvalue weighted by molar-refractivity contribution is 0.590. The first-order valence-electron chi connectivity index (χ1n) is 6.58. The van der Waals surface area contributed by atoms with Gasteiger partial charge in [-0.15, -0.1) is 0 Å².